The van der Waals surface area contributed by atoms with Crippen molar-refractivity contribution in [2.45, 2.75) is 12.2 Å². The minimum atomic E-state index is -1.04. The second-order valence-electron chi connectivity index (χ2n) is 4.88. The SMILES string of the molecule is O=C(O)[C@@H]1[C@H](C(=O)Nc2cccc(O)c2)[C@@H]2C=C[C@H]1O2. The lowest BCUT2D eigenvalue weighted by Gasteiger charge is -2.21. The molecule has 1 aromatic rings. The van der Waals surface area contributed by atoms with Crippen molar-refractivity contribution in [1.82, 2.24) is 0 Å². The fourth-order valence-corrected chi connectivity index (χ4v) is 2.72. The van der Waals surface area contributed by atoms with Crippen molar-refractivity contribution in [3.63, 3.8) is 0 Å². The number of anilines is 1. The molecule has 6 nitrogen and oxygen atoms in total. The number of benzene rings is 1. The molecule has 3 rings (SSSR count). The lowest BCUT2D eigenvalue weighted by molar-refractivity contribution is -0.145. The normalized spacial score (nSPS) is 30.4. The Kier molecular flexibility index (Phi) is 2.94. The van der Waals surface area contributed by atoms with Gasteiger partial charge in [0.1, 0.15) is 11.7 Å². The summed E-state index contributed by atoms with van der Waals surface area (Å²) in [6.45, 7) is 0. The number of hydrogen-bond acceptors (Lipinski definition) is 4. The molecule has 0 aliphatic carbocycles. The van der Waals surface area contributed by atoms with Crippen LogP contribution in [-0.4, -0.2) is 34.3 Å². The van der Waals surface area contributed by atoms with Crippen LogP contribution in [0.3, 0.4) is 0 Å². The number of aromatic hydroxyl groups is 1. The highest BCUT2D eigenvalue weighted by atomic mass is 16.5. The monoisotopic (exact) mass is 275 g/mol. The summed E-state index contributed by atoms with van der Waals surface area (Å²) in [7, 11) is 0. The van der Waals surface area contributed by atoms with E-state index in [1.54, 1.807) is 24.3 Å². The average molecular weight is 275 g/mol. The molecule has 0 spiro atoms. The van der Waals surface area contributed by atoms with Crippen LogP contribution >= 0.6 is 0 Å². The van der Waals surface area contributed by atoms with Crippen LogP contribution in [0.4, 0.5) is 5.69 Å². The summed E-state index contributed by atoms with van der Waals surface area (Å²) in [5.74, 6) is -3.06. The predicted octanol–water partition coefficient (Wildman–Crippen LogP) is 0.985. The molecule has 4 atom stereocenters. The number of hydrogen-bond donors (Lipinski definition) is 3. The van der Waals surface area contributed by atoms with Crippen molar-refractivity contribution in [2.24, 2.45) is 11.8 Å². The predicted molar refractivity (Wildman–Crippen MR) is 69.2 cm³/mol. The lowest BCUT2D eigenvalue weighted by atomic mass is 9.82. The van der Waals surface area contributed by atoms with Gasteiger partial charge in [-0.1, -0.05) is 18.2 Å². The zero-order chi connectivity index (χ0) is 14.3. The van der Waals surface area contributed by atoms with Gasteiger partial charge in [0.05, 0.1) is 18.1 Å². The molecule has 2 heterocycles. The minimum Gasteiger partial charge on any atom is -0.508 e. The van der Waals surface area contributed by atoms with E-state index >= 15 is 0 Å². The molecular formula is C14H13NO5. The van der Waals surface area contributed by atoms with Gasteiger partial charge in [-0.05, 0) is 12.1 Å². The molecule has 104 valence electrons. The number of fused-ring (bicyclic) bond motifs is 2. The number of carbonyl (C=O) groups excluding carboxylic acids is 1. The van der Waals surface area contributed by atoms with Gasteiger partial charge in [-0.3, -0.25) is 9.59 Å². The number of nitrogens with one attached hydrogen (secondary N) is 1. The zero-order valence-electron chi connectivity index (χ0n) is 10.4. The molecule has 1 aromatic carbocycles. The van der Waals surface area contributed by atoms with E-state index in [0.29, 0.717) is 5.69 Å². The Morgan fingerprint density at radius 3 is 2.50 bits per heavy atom. The van der Waals surface area contributed by atoms with E-state index in [2.05, 4.69) is 5.32 Å². The molecule has 0 saturated carbocycles. The topological polar surface area (TPSA) is 95.9 Å². The van der Waals surface area contributed by atoms with Crippen LogP contribution in [-0.2, 0) is 14.3 Å². The Morgan fingerprint density at radius 2 is 1.85 bits per heavy atom. The molecule has 0 unspecified atom stereocenters. The highest BCUT2D eigenvalue weighted by Crippen LogP contribution is 2.39. The van der Waals surface area contributed by atoms with E-state index in [1.807, 2.05) is 0 Å². The van der Waals surface area contributed by atoms with Crippen LogP contribution in [0.5, 0.6) is 5.75 Å². The van der Waals surface area contributed by atoms with Gasteiger partial charge >= 0.3 is 5.97 Å². The number of carboxylic acids is 1. The molecule has 3 N–H and O–H groups in total. The Labute approximate surface area is 114 Å². The first kappa shape index (κ1) is 12.7. The van der Waals surface area contributed by atoms with Crippen LogP contribution in [0.15, 0.2) is 36.4 Å². The third kappa shape index (κ3) is 2.04. The second kappa shape index (κ2) is 4.64. The molecule has 0 aromatic heterocycles. The van der Waals surface area contributed by atoms with Crippen LogP contribution in [0.2, 0.25) is 0 Å². The molecule has 0 radical (unpaired) electrons. The van der Waals surface area contributed by atoms with Gasteiger partial charge in [0.15, 0.2) is 0 Å². The zero-order valence-corrected chi connectivity index (χ0v) is 10.4. The first-order chi connectivity index (χ1) is 9.56. The van der Waals surface area contributed by atoms with Crippen LogP contribution in [0.1, 0.15) is 0 Å². The average Bonchev–Trinajstić information content (AvgIpc) is 2.98. The summed E-state index contributed by atoms with van der Waals surface area (Å²) in [6.07, 6.45) is 2.36. The third-order valence-electron chi connectivity index (χ3n) is 3.60. The highest BCUT2D eigenvalue weighted by molar-refractivity contribution is 5.96. The number of ether oxygens (including phenoxy) is 1. The second-order valence-corrected chi connectivity index (χ2v) is 4.88. The molecule has 20 heavy (non-hydrogen) atoms. The molecule has 2 aliphatic heterocycles. The van der Waals surface area contributed by atoms with E-state index < -0.39 is 35.9 Å². The Morgan fingerprint density at radius 1 is 1.15 bits per heavy atom. The Bertz CT molecular complexity index is 597. The van der Waals surface area contributed by atoms with E-state index in [1.165, 1.54) is 12.1 Å². The molecule has 1 saturated heterocycles. The molecule has 2 bridgehead atoms. The maximum atomic E-state index is 12.3. The fraction of sp³-hybridized carbons (Fsp3) is 0.286. The third-order valence-corrected chi connectivity index (χ3v) is 3.60. The molecule has 6 heteroatoms. The van der Waals surface area contributed by atoms with Crippen LogP contribution in [0.25, 0.3) is 0 Å². The van der Waals surface area contributed by atoms with Gasteiger partial charge < -0.3 is 20.3 Å². The molecular weight excluding hydrogens is 262 g/mol. The number of amides is 1. The largest absolute Gasteiger partial charge is 0.508 e. The van der Waals surface area contributed by atoms with E-state index in [4.69, 9.17) is 4.74 Å². The van der Waals surface area contributed by atoms with Crippen molar-refractivity contribution >= 4 is 17.6 Å². The smallest absolute Gasteiger partial charge is 0.310 e. The van der Waals surface area contributed by atoms with Gasteiger partial charge in [0.25, 0.3) is 0 Å². The van der Waals surface area contributed by atoms with Crippen LogP contribution < -0.4 is 5.32 Å². The van der Waals surface area contributed by atoms with Crippen LogP contribution in [0, 0.1) is 11.8 Å². The van der Waals surface area contributed by atoms with Crippen molar-refractivity contribution in [2.75, 3.05) is 5.32 Å². The quantitative estimate of drug-likeness (QED) is 0.715. The summed E-state index contributed by atoms with van der Waals surface area (Å²) in [6, 6.07) is 6.10. The molecule has 1 fully saturated rings. The number of rotatable bonds is 3. The number of carboxylic acid groups (broad SMARTS) is 1. The first-order valence-corrected chi connectivity index (χ1v) is 6.23. The molecule has 2 aliphatic rings. The standard InChI is InChI=1S/C14H13NO5/c16-8-3-1-2-7(6-8)15-13(17)11-9-4-5-10(20-9)12(11)14(18)19/h1-6,9-12,16H,(H,15,17)(H,18,19)/t9-,10+,11+,12-/m0/s1. The van der Waals surface area contributed by atoms with Crippen molar-refractivity contribution in [1.29, 1.82) is 0 Å². The van der Waals surface area contributed by atoms with Gasteiger partial charge in [0.2, 0.25) is 5.91 Å². The summed E-state index contributed by atoms with van der Waals surface area (Å²) in [5, 5.41) is 21.2. The minimum absolute atomic E-state index is 0.0293. The number of carbonyl (C=O) groups is 2. The van der Waals surface area contributed by atoms with Gasteiger partial charge in [0, 0.05) is 11.8 Å². The number of phenolic OH excluding ortho intramolecular Hbond substituents is 1. The number of aliphatic carboxylic acids is 1. The van der Waals surface area contributed by atoms with Gasteiger partial charge in [-0.25, -0.2) is 0 Å². The van der Waals surface area contributed by atoms with Gasteiger partial charge in [-0.2, -0.15) is 0 Å². The van der Waals surface area contributed by atoms with Crippen molar-refractivity contribution in [3.05, 3.63) is 36.4 Å². The molecule has 1 amide bonds. The van der Waals surface area contributed by atoms with E-state index in [9.17, 15) is 19.8 Å². The summed E-state index contributed by atoms with van der Waals surface area (Å²) < 4.78 is 5.44. The van der Waals surface area contributed by atoms with E-state index in [-0.39, 0.29) is 5.75 Å². The first-order valence-electron chi connectivity index (χ1n) is 6.23. The maximum absolute atomic E-state index is 12.3. The summed E-state index contributed by atoms with van der Waals surface area (Å²) >= 11 is 0. The van der Waals surface area contributed by atoms with Gasteiger partial charge in [-0.15, -0.1) is 0 Å². The summed E-state index contributed by atoms with van der Waals surface area (Å²) in [5.41, 5.74) is 0.422. The maximum Gasteiger partial charge on any atom is 0.310 e. The van der Waals surface area contributed by atoms with E-state index in [0.717, 1.165) is 0 Å². The summed E-state index contributed by atoms with van der Waals surface area (Å²) in [4.78, 5) is 23.5. The van der Waals surface area contributed by atoms with Crippen molar-refractivity contribution in [3.8, 4) is 5.75 Å². The van der Waals surface area contributed by atoms with Crippen molar-refractivity contribution < 1.29 is 24.5 Å². The lowest BCUT2D eigenvalue weighted by Crippen LogP contribution is -2.39. The Balaban J connectivity index is 1.80. The highest BCUT2D eigenvalue weighted by Gasteiger charge is 2.53. The Hall–Kier alpha value is -2.34. The number of phenols is 1. The fourth-order valence-electron chi connectivity index (χ4n) is 2.72.